The highest BCUT2D eigenvalue weighted by Gasteiger charge is 2.24. The Kier molecular flexibility index (Phi) is 3.11. The van der Waals surface area contributed by atoms with Crippen LogP contribution in [0.4, 0.5) is 14.5 Å². The number of nitro benzene ring substituents is 1. The van der Waals surface area contributed by atoms with E-state index in [-0.39, 0.29) is 5.01 Å². The van der Waals surface area contributed by atoms with E-state index in [1.54, 1.807) is 0 Å². The number of benzene rings is 1. The Morgan fingerprint density at radius 2 is 2.06 bits per heavy atom. The van der Waals surface area contributed by atoms with Crippen molar-refractivity contribution < 1.29 is 13.7 Å². The zero-order chi connectivity index (χ0) is 12.6. The molecule has 0 fully saturated rings. The Morgan fingerprint density at radius 1 is 1.35 bits per heavy atom. The second kappa shape index (κ2) is 4.41. The monoisotopic (exact) mass is 321 g/mol. The quantitative estimate of drug-likeness (QED) is 0.629. The van der Waals surface area contributed by atoms with Gasteiger partial charge in [-0.15, -0.1) is 10.2 Å². The summed E-state index contributed by atoms with van der Waals surface area (Å²) in [6.45, 7) is 0. The molecule has 0 aliphatic rings. The van der Waals surface area contributed by atoms with Gasteiger partial charge in [-0.05, 0) is 22.0 Å². The van der Waals surface area contributed by atoms with Gasteiger partial charge in [0.05, 0.1) is 10.5 Å². The maximum Gasteiger partial charge on any atom is 0.305 e. The Morgan fingerprint density at radius 3 is 2.59 bits per heavy atom. The van der Waals surface area contributed by atoms with Crippen LogP contribution in [0.3, 0.4) is 0 Å². The molecular weight excluding hydrogens is 320 g/mol. The number of hydrogen-bond donors (Lipinski definition) is 0. The molecule has 9 heteroatoms. The molecule has 0 amide bonds. The molecule has 5 nitrogen and oxygen atoms in total. The third-order valence-electron chi connectivity index (χ3n) is 1.88. The average Bonchev–Trinajstić information content (AvgIpc) is 2.64. The molecule has 1 heterocycles. The van der Waals surface area contributed by atoms with Crippen molar-refractivity contribution in [3.63, 3.8) is 0 Å². The standard InChI is InChI=1S/C8H2BrF2N3O2S/c9-8-13-12-7(17-8)5-3(10)1-2-4(6(5)11)14(15)16/h1-2H. The van der Waals surface area contributed by atoms with Gasteiger partial charge in [0.15, 0.2) is 8.92 Å². The molecule has 0 bridgehead atoms. The average molecular weight is 322 g/mol. The Labute approximate surface area is 105 Å². The Hall–Kier alpha value is -1.48. The van der Waals surface area contributed by atoms with Gasteiger partial charge in [0, 0.05) is 6.07 Å². The van der Waals surface area contributed by atoms with Gasteiger partial charge >= 0.3 is 5.69 Å². The molecule has 0 saturated carbocycles. The molecule has 1 aromatic heterocycles. The molecule has 0 radical (unpaired) electrons. The largest absolute Gasteiger partial charge is 0.305 e. The minimum Gasteiger partial charge on any atom is -0.258 e. The van der Waals surface area contributed by atoms with Crippen LogP contribution in [-0.4, -0.2) is 15.1 Å². The number of halogens is 3. The molecule has 0 atom stereocenters. The Bertz CT molecular complexity index is 604. The summed E-state index contributed by atoms with van der Waals surface area (Å²) in [5, 5.41) is 17.5. The van der Waals surface area contributed by atoms with E-state index < -0.39 is 27.8 Å². The van der Waals surface area contributed by atoms with Crippen LogP contribution in [0.15, 0.2) is 16.0 Å². The Balaban J connectivity index is 2.68. The number of nitrogens with zero attached hydrogens (tertiary/aromatic N) is 3. The van der Waals surface area contributed by atoms with Crippen molar-refractivity contribution in [3.8, 4) is 10.6 Å². The fraction of sp³-hybridized carbons (Fsp3) is 0. The van der Waals surface area contributed by atoms with Crippen LogP contribution in [-0.2, 0) is 0 Å². The van der Waals surface area contributed by atoms with Crippen LogP contribution in [0.5, 0.6) is 0 Å². The molecule has 0 saturated heterocycles. The first kappa shape index (κ1) is 12.0. The van der Waals surface area contributed by atoms with Gasteiger partial charge in [-0.3, -0.25) is 10.1 Å². The van der Waals surface area contributed by atoms with Gasteiger partial charge in [-0.1, -0.05) is 11.3 Å². The van der Waals surface area contributed by atoms with Crippen molar-refractivity contribution >= 4 is 33.0 Å². The van der Waals surface area contributed by atoms with Gasteiger partial charge in [-0.25, -0.2) is 4.39 Å². The first-order chi connectivity index (χ1) is 8.00. The number of nitro groups is 1. The lowest BCUT2D eigenvalue weighted by atomic mass is 10.2. The molecule has 0 aliphatic heterocycles. The zero-order valence-electron chi connectivity index (χ0n) is 7.85. The molecule has 0 unspecified atom stereocenters. The third kappa shape index (κ3) is 2.15. The summed E-state index contributed by atoms with van der Waals surface area (Å²) < 4.78 is 27.5. The highest BCUT2D eigenvalue weighted by Crippen LogP contribution is 2.34. The summed E-state index contributed by atoms with van der Waals surface area (Å²) in [6, 6.07) is 1.59. The predicted octanol–water partition coefficient (Wildman–Crippen LogP) is 3.15. The first-order valence-electron chi connectivity index (χ1n) is 4.12. The second-order valence-electron chi connectivity index (χ2n) is 2.87. The van der Waals surface area contributed by atoms with Gasteiger partial charge < -0.3 is 0 Å². The van der Waals surface area contributed by atoms with Gasteiger partial charge in [-0.2, -0.15) is 4.39 Å². The van der Waals surface area contributed by atoms with E-state index in [1.807, 2.05) is 0 Å². The molecular formula is C8H2BrF2N3O2S. The smallest absolute Gasteiger partial charge is 0.258 e. The lowest BCUT2D eigenvalue weighted by Gasteiger charge is -2.00. The molecule has 0 N–H and O–H groups in total. The van der Waals surface area contributed by atoms with E-state index in [0.29, 0.717) is 3.92 Å². The van der Waals surface area contributed by atoms with Crippen molar-refractivity contribution in [2.75, 3.05) is 0 Å². The summed E-state index contributed by atoms with van der Waals surface area (Å²) in [7, 11) is 0. The summed E-state index contributed by atoms with van der Waals surface area (Å²) in [4.78, 5) is 9.60. The number of aromatic nitrogens is 2. The normalized spacial score (nSPS) is 10.5. The van der Waals surface area contributed by atoms with Crippen LogP contribution in [0.25, 0.3) is 10.6 Å². The minimum absolute atomic E-state index is 0.0597. The van der Waals surface area contributed by atoms with Crippen LogP contribution in [0.1, 0.15) is 0 Å². The number of hydrogen-bond acceptors (Lipinski definition) is 5. The number of rotatable bonds is 2. The highest BCUT2D eigenvalue weighted by atomic mass is 79.9. The van der Waals surface area contributed by atoms with Crippen molar-refractivity contribution in [1.82, 2.24) is 10.2 Å². The van der Waals surface area contributed by atoms with Gasteiger partial charge in [0.25, 0.3) is 0 Å². The molecule has 17 heavy (non-hydrogen) atoms. The zero-order valence-corrected chi connectivity index (χ0v) is 10.3. The lowest BCUT2D eigenvalue weighted by molar-refractivity contribution is -0.387. The van der Waals surface area contributed by atoms with Crippen LogP contribution < -0.4 is 0 Å². The molecule has 0 aliphatic carbocycles. The second-order valence-corrected chi connectivity index (χ2v) is 5.13. The van der Waals surface area contributed by atoms with E-state index in [1.165, 1.54) is 0 Å². The molecule has 0 spiro atoms. The molecule has 2 aromatic rings. The minimum atomic E-state index is -1.25. The van der Waals surface area contributed by atoms with E-state index in [9.17, 15) is 18.9 Å². The van der Waals surface area contributed by atoms with Crippen molar-refractivity contribution in [1.29, 1.82) is 0 Å². The summed E-state index contributed by atoms with van der Waals surface area (Å²) >= 11 is 3.87. The third-order valence-corrected chi connectivity index (χ3v) is 3.26. The van der Waals surface area contributed by atoms with Crippen LogP contribution in [0.2, 0.25) is 0 Å². The van der Waals surface area contributed by atoms with E-state index in [0.717, 1.165) is 23.5 Å². The first-order valence-corrected chi connectivity index (χ1v) is 5.73. The van der Waals surface area contributed by atoms with E-state index in [4.69, 9.17) is 0 Å². The molecule has 88 valence electrons. The van der Waals surface area contributed by atoms with E-state index >= 15 is 0 Å². The predicted molar refractivity (Wildman–Crippen MR) is 59.6 cm³/mol. The van der Waals surface area contributed by atoms with Crippen LogP contribution in [0, 0.1) is 21.7 Å². The fourth-order valence-corrected chi connectivity index (χ4v) is 2.34. The van der Waals surface area contributed by atoms with Gasteiger partial charge in [0.1, 0.15) is 5.82 Å². The van der Waals surface area contributed by atoms with Crippen molar-refractivity contribution in [3.05, 3.63) is 37.8 Å². The fourth-order valence-electron chi connectivity index (χ4n) is 1.18. The van der Waals surface area contributed by atoms with E-state index in [2.05, 4.69) is 26.1 Å². The lowest BCUT2D eigenvalue weighted by Crippen LogP contribution is -1.97. The molecule has 2 rings (SSSR count). The van der Waals surface area contributed by atoms with Gasteiger partial charge in [0.2, 0.25) is 5.82 Å². The molecule has 1 aromatic carbocycles. The maximum atomic E-state index is 13.7. The summed E-state index contributed by atoms with van der Waals surface area (Å²) in [5.74, 6) is -2.17. The topological polar surface area (TPSA) is 68.9 Å². The maximum absolute atomic E-state index is 13.7. The summed E-state index contributed by atoms with van der Waals surface area (Å²) in [5.41, 5.74) is -1.34. The highest BCUT2D eigenvalue weighted by molar-refractivity contribution is 9.11. The summed E-state index contributed by atoms with van der Waals surface area (Å²) in [6.07, 6.45) is 0. The van der Waals surface area contributed by atoms with Crippen molar-refractivity contribution in [2.45, 2.75) is 0 Å². The van der Waals surface area contributed by atoms with Crippen LogP contribution >= 0.6 is 27.3 Å². The van der Waals surface area contributed by atoms with Crippen molar-refractivity contribution in [2.24, 2.45) is 0 Å². The SMILES string of the molecule is O=[N+]([O-])c1ccc(F)c(-c2nnc(Br)s2)c1F.